The third kappa shape index (κ3) is 6.61. The number of sulfone groups is 1. The van der Waals surface area contributed by atoms with E-state index in [0.717, 1.165) is 32.7 Å². The molecule has 43 heavy (non-hydrogen) atoms. The molecule has 2 atom stereocenters. The molecule has 5 rings (SSSR count). The number of benzene rings is 3. The summed E-state index contributed by atoms with van der Waals surface area (Å²) in [5, 5.41) is 21.6. The van der Waals surface area contributed by atoms with Gasteiger partial charge in [-0.2, -0.15) is 0 Å². The average molecular weight is 617 g/mol. The van der Waals surface area contributed by atoms with E-state index in [4.69, 9.17) is 9.08 Å². The van der Waals surface area contributed by atoms with E-state index >= 15 is 0 Å². The third-order valence-electron chi connectivity index (χ3n) is 8.61. The van der Waals surface area contributed by atoms with Crippen molar-refractivity contribution in [1.29, 1.82) is 0 Å². The number of aromatic hydroxyl groups is 1. The minimum absolute atomic E-state index is 0.0367. The van der Waals surface area contributed by atoms with Gasteiger partial charge >= 0.3 is 7.12 Å². The molecule has 6 nitrogen and oxygen atoms in total. The van der Waals surface area contributed by atoms with Crippen molar-refractivity contribution >= 4 is 41.7 Å². The molecular formula is C34H41BO6SSi. The summed E-state index contributed by atoms with van der Waals surface area (Å²) in [5.74, 6) is 0.116. The maximum Gasteiger partial charge on any atom is 0.456 e. The number of rotatable bonds is 9. The number of fused-ring (bicyclic) bond motifs is 1. The van der Waals surface area contributed by atoms with Gasteiger partial charge in [-0.3, -0.25) is 0 Å². The summed E-state index contributed by atoms with van der Waals surface area (Å²) in [6, 6.07) is 27.7. The molecule has 0 saturated carbocycles. The van der Waals surface area contributed by atoms with E-state index in [1.165, 1.54) is 0 Å². The van der Waals surface area contributed by atoms with Crippen molar-refractivity contribution in [3.63, 3.8) is 0 Å². The summed E-state index contributed by atoms with van der Waals surface area (Å²) in [7, 11) is -7.53. The second-order valence-electron chi connectivity index (χ2n) is 12.7. The Kier molecular flexibility index (Phi) is 9.21. The van der Waals surface area contributed by atoms with Crippen molar-refractivity contribution in [2.24, 2.45) is 0 Å². The molecule has 0 unspecified atom stereocenters. The predicted octanol–water partition coefficient (Wildman–Crippen LogP) is 5.13. The first-order valence-electron chi connectivity index (χ1n) is 14.9. The first-order chi connectivity index (χ1) is 20.4. The number of hydrogen-bond acceptors (Lipinski definition) is 6. The highest BCUT2D eigenvalue weighted by molar-refractivity contribution is 7.92. The SMILES string of the molecule is C/C(=C\c1cccc(O)c1)CC[C@H]1OB(O)C[C@H]2C1=C(CO[Si](c1ccccc1)(c1ccccc1)C(C)(C)C)CS2(=O)=O. The monoisotopic (exact) mass is 616 g/mol. The Morgan fingerprint density at radius 3 is 2.23 bits per heavy atom. The molecule has 2 N–H and O–H groups in total. The standard InChI is InChI=1S/C34H41BO6SSi/c1-25(20-26-12-11-13-28(36)21-26)18-19-31-33-27(24-42(38,39)32(33)22-35(37)41-31)23-40-43(34(2,3)4,29-14-7-5-8-15-29)30-16-9-6-10-17-30/h5-17,20-21,31-32,36-37H,18-19,22-24H2,1-4H3/b25-20+/t31-,32+/m1/s1. The summed E-state index contributed by atoms with van der Waals surface area (Å²) in [6.07, 6.45) is 2.68. The Balaban J connectivity index is 1.49. The zero-order valence-corrected chi connectivity index (χ0v) is 27.2. The molecule has 3 aromatic carbocycles. The van der Waals surface area contributed by atoms with Crippen molar-refractivity contribution in [1.82, 2.24) is 0 Å². The highest BCUT2D eigenvalue weighted by atomic mass is 32.2. The van der Waals surface area contributed by atoms with Crippen LogP contribution >= 0.6 is 0 Å². The van der Waals surface area contributed by atoms with E-state index < -0.39 is 36.6 Å². The van der Waals surface area contributed by atoms with Crippen LogP contribution in [0.15, 0.2) is 102 Å². The number of phenolic OH excluding ortho intramolecular Hbond substituents is 1. The highest BCUT2D eigenvalue weighted by Gasteiger charge is 2.52. The summed E-state index contributed by atoms with van der Waals surface area (Å²) in [6.45, 7) is 8.81. The number of phenols is 1. The molecule has 0 radical (unpaired) electrons. The van der Waals surface area contributed by atoms with Gasteiger partial charge in [0.25, 0.3) is 8.32 Å². The Morgan fingerprint density at radius 2 is 1.65 bits per heavy atom. The molecule has 1 saturated heterocycles. The summed E-state index contributed by atoms with van der Waals surface area (Å²) in [4.78, 5) is 0. The lowest BCUT2D eigenvalue weighted by Gasteiger charge is -2.43. The van der Waals surface area contributed by atoms with Gasteiger partial charge in [-0.15, -0.1) is 0 Å². The van der Waals surface area contributed by atoms with Crippen molar-refractivity contribution < 1.29 is 27.6 Å². The molecule has 0 amide bonds. The quantitative estimate of drug-likeness (QED) is 0.256. The number of allylic oxidation sites excluding steroid dienone is 1. The molecule has 226 valence electrons. The minimum atomic E-state index is -3.51. The van der Waals surface area contributed by atoms with Gasteiger partial charge in [0.05, 0.1) is 23.7 Å². The highest BCUT2D eigenvalue weighted by Crippen LogP contribution is 2.42. The first kappa shape index (κ1) is 31.5. The lowest BCUT2D eigenvalue weighted by atomic mass is 9.74. The summed E-state index contributed by atoms with van der Waals surface area (Å²) in [5.41, 5.74) is 3.47. The van der Waals surface area contributed by atoms with Gasteiger partial charge in [-0.25, -0.2) is 8.42 Å². The fourth-order valence-electron chi connectivity index (χ4n) is 6.69. The fraction of sp³-hybridized carbons (Fsp3) is 0.353. The lowest BCUT2D eigenvalue weighted by molar-refractivity contribution is 0.168. The van der Waals surface area contributed by atoms with E-state index in [-0.39, 0.29) is 29.5 Å². The maximum absolute atomic E-state index is 13.5. The van der Waals surface area contributed by atoms with Crippen molar-refractivity contribution in [2.45, 2.75) is 63.2 Å². The smallest absolute Gasteiger partial charge is 0.456 e. The topological polar surface area (TPSA) is 93.1 Å². The maximum atomic E-state index is 13.5. The van der Waals surface area contributed by atoms with Crippen LogP contribution in [0.5, 0.6) is 5.75 Å². The Labute approximate surface area is 257 Å². The van der Waals surface area contributed by atoms with Crippen LogP contribution in [0.2, 0.25) is 11.4 Å². The van der Waals surface area contributed by atoms with Crippen LogP contribution in [0.1, 0.15) is 46.1 Å². The van der Waals surface area contributed by atoms with Crippen molar-refractivity contribution in [3.05, 3.63) is 107 Å². The van der Waals surface area contributed by atoms with Crippen LogP contribution in [-0.4, -0.2) is 57.7 Å². The summed E-state index contributed by atoms with van der Waals surface area (Å²) >= 11 is 0. The molecule has 0 aliphatic carbocycles. The minimum Gasteiger partial charge on any atom is -0.508 e. The molecule has 2 aliphatic rings. The molecule has 9 heteroatoms. The van der Waals surface area contributed by atoms with Gasteiger partial charge in [0.15, 0.2) is 9.84 Å². The van der Waals surface area contributed by atoms with Gasteiger partial charge in [0.1, 0.15) is 5.75 Å². The zero-order valence-electron chi connectivity index (χ0n) is 25.4. The molecule has 2 heterocycles. The van der Waals surface area contributed by atoms with Gasteiger partial charge in [0, 0.05) is 6.32 Å². The zero-order chi connectivity index (χ0) is 30.8. The Morgan fingerprint density at radius 1 is 1.02 bits per heavy atom. The third-order valence-corrected chi connectivity index (χ3v) is 15.7. The fourth-order valence-corrected chi connectivity index (χ4v) is 13.3. The van der Waals surface area contributed by atoms with Gasteiger partial charge in [-0.1, -0.05) is 105 Å². The van der Waals surface area contributed by atoms with E-state index in [1.807, 2.05) is 55.5 Å². The molecule has 3 aromatic rings. The number of hydrogen-bond donors (Lipinski definition) is 2. The molecule has 0 aromatic heterocycles. The van der Waals surface area contributed by atoms with Crippen LogP contribution in [0.3, 0.4) is 0 Å². The summed E-state index contributed by atoms with van der Waals surface area (Å²) < 4.78 is 40.1. The van der Waals surface area contributed by atoms with Crippen LogP contribution in [0.4, 0.5) is 0 Å². The second kappa shape index (κ2) is 12.6. The van der Waals surface area contributed by atoms with Gasteiger partial charge in [-0.05, 0) is 64.0 Å². The van der Waals surface area contributed by atoms with Crippen molar-refractivity contribution in [2.75, 3.05) is 12.4 Å². The Bertz CT molecular complexity index is 1560. The van der Waals surface area contributed by atoms with Gasteiger partial charge in [0.2, 0.25) is 0 Å². The van der Waals surface area contributed by atoms with E-state index in [0.29, 0.717) is 12.8 Å². The molecular weight excluding hydrogens is 575 g/mol. The van der Waals surface area contributed by atoms with E-state index in [9.17, 15) is 18.5 Å². The molecule has 1 fully saturated rings. The second-order valence-corrected chi connectivity index (χ2v) is 19.2. The molecule has 0 bridgehead atoms. The normalized spacial score (nSPS) is 20.8. The first-order valence-corrected chi connectivity index (χ1v) is 18.5. The average Bonchev–Trinajstić information content (AvgIpc) is 3.22. The van der Waals surface area contributed by atoms with Crippen LogP contribution in [0, 0.1) is 0 Å². The van der Waals surface area contributed by atoms with Crippen LogP contribution in [0.25, 0.3) is 6.08 Å². The van der Waals surface area contributed by atoms with Crippen LogP contribution < -0.4 is 10.4 Å². The lowest BCUT2D eigenvalue weighted by Crippen LogP contribution is -2.66. The predicted molar refractivity (Wildman–Crippen MR) is 177 cm³/mol. The van der Waals surface area contributed by atoms with Crippen LogP contribution in [-0.2, 0) is 18.9 Å². The Hall–Kier alpha value is -2.95. The van der Waals surface area contributed by atoms with E-state index in [1.54, 1.807) is 18.2 Å². The van der Waals surface area contributed by atoms with Crippen molar-refractivity contribution in [3.8, 4) is 5.75 Å². The largest absolute Gasteiger partial charge is 0.508 e. The van der Waals surface area contributed by atoms with E-state index in [2.05, 4.69) is 45.0 Å². The van der Waals surface area contributed by atoms with Gasteiger partial charge < -0.3 is 19.2 Å². The molecule has 2 aliphatic heterocycles. The molecule has 0 spiro atoms.